The number of nitrogens with one attached hydrogen (secondary N) is 1. The molecular formula is C7H8F2N2O2. The molecule has 0 unspecified atom stereocenters. The minimum absolute atomic E-state index is 0.0344. The number of halogens is 2. The monoisotopic (exact) mass is 190 g/mol. The molecule has 72 valence electrons. The van der Waals surface area contributed by atoms with Gasteiger partial charge in [0.25, 0.3) is 12.0 Å². The van der Waals surface area contributed by atoms with E-state index in [2.05, 4.69) is 4.98 Å². The van der Waals surface area contributed by atoms with Crippen LogP contribution < -0.4 is 11.3 Å². The molecule has 1 heterocycles. The summed E-state index contributed by atoms with van der Waals surface area (Å²) in [7, 11) is 0. The molecule has 0 saturated carbocycles. The fraction of sp³-hybridized carbons (Fsp3) is 0.286. The number of rotatable bonds is 2. The lowest BCUT2D eigenvalue weighted by molar-refractivity contribution is 0.146. The van der Waals surface area contributed by atoms with Gasteiger partial charge in [-0.3, -0.25) is 4.79 Å². The van der Waals surface area contributed by atoms with Gasteiger partial charge in [-0.15, -0.1) is 0 Å². The van der Waals surface area contributed by atoms with Crippen molar-refractivity contribution >= 4 is 0 Å². The Labute approximate surface area is 72.0 Å². The van der Waals surface area contributed by atoms with E-state index in [1.165, 1.54) is 0 Å². The average Bonchev–Trinajstić information content (AvgIpc) is 2.08. The molecule has 1 rings (SSSR count). The number of aromatic amines is 1. The molecule has 4 nitrogen and oxygen atoms in total. The first-order valence-electron chi connectivity index (χ1n) is 3.49. The minimum Gasteiger partial charge on any atom is -0.503 e. The maximum atomic E-state index is 12.3. The van der Waals surface area contributed by atoms with E-state index in [4.69, 9.17) is 10.8 Å². The van der Waals surface area contributed by atoms with Gasteiger partial charge in [-0.1, -0.05) is 0 Å². The van der Waals surface area contributed by atoms with E-state index in [9.17, 15) is 13.6 Å². The van der Waals surface area contributed by atoms with E-state index in [1.54, 1.807) is 0 Å². The zero-order chi connectivity index (χ0) is 10.0. The Kier molecular flexibility index (Phi) is 2.62. The predicted octanol–water partition coefficient (Wildman–Crippen LogP) is 0.477. The molecule has 13 heavy (non-hydrogen) atoms. The van der Waals surface area contributed by atoms with Gasteiger partial charge in [0, 0.05) is 12.7 Å². The zero-order valence-corrected chi connectivity index (χ0v) is 6.55. The fourth-order valence-corrected chi connectivity index (χ4v) is 0.986. The molecule has 0 amide bonds. The maximum Gasteiger partial charge on any atom is 0.290 e. The largest absolute Gasteiger partial charge is 0.503 e. The Morgan fingerprint density at radius 1 is 1.62 bits per heavy atom. The first-order chi connectivity index (χ1) is 6.07. The lowest BCUT2D eigenvalue weighted by atomic mass is 10.1. The predicted molar refractivity (Wildman–Crippen MR) is 41.6 cm³/mol. The van der Waals surface area contributed by atoms with Crippen LogP contribution in [0.25, 0.3) is 0 Å². The van der Waals surface area contributed by atoms with Gasteiger partial charge in [-0.25, -0.2) is 8.78 Å². The van der Waals surface area contributed by atoms with Crippen molar-refractivity contribution in [3.8, 4) is 5.75 Å². The van der Waals surface area contributed by atoms with Gasteiger partial charge in [0.2, 0.25) is 0 Å². The number of H-pyrrole nitrogens is 1. The molecular weight excluding hydrogens is 182 g/mol. The Bertz CT molecular complexity index is 362. The smallest absolute Gasteiger partial charge is 0.290 e. The van der Waals surface area contributed by atoms with Crippen molar-refractivity contribution < 1.29 is 13.9 Å². The summed E-state index contributed by atoms with van der Waals surface area (Å²) >= 11 is 0. The second kappa shape index (κ2) is 3.53. The number of pyridine rings is 1. The van der Waals surface area contributed by atoms with Crippen molar-refractivity contribution in [1.82, 2.24) is 4.98 Å². The Hall–Kier alpha value is -1.43. The van der Waals surface area contributed by atoms with Crippen LogP contribution in [0.5, 0.6) is 5.75 Å². The molecule has 0 aliphatic heterocycles. The van der Waals surface area contributed by atoms with Crippen molar-refractivity contribution in [3.05, 3.63) is 27.7 Å². The summed E-state index contributed by atoms with van der Waals surface area (Å²) in [5.41, 5.74) is 3.55. The Balaban J connectivity index is 3.41. The van der Waals surface area contributed by atoms with Crippen LogP contribution in [0.1, 0.15) is 17.6 Å². The molecule has 0 aliphatic rings. The molecule has 0 saturated heterocycles. The number of aromatic hydroxyl groups is 1. The quantitative estimate of drug-likeness (QED) is 0.634. The molecule has 0 fully saturated rings. The van der Waals surface area contributed by atoms with Crippen LogP contribution >= 0.6 is 0 Å². The highest BCUT2D eigenvalue weighted by Gasteiger charge is 2.19. The van der Waals surface area contributed by atoms with Gasteiger partial charge in [-0.2, -0.15) is 0 Å². The maximum absolute atomic E-state index is 12.3. The van der Waals surface area contributed by atoms with Crippen molar-refractivity contribution in [1.29, 1.82) is 0 Å². The van der Waals surface area contributed by atoms with E-state index in [0.29, 0.717) is 0 Å². The van der Waals surface area contributed by atoms with E-state index in [1.807, 2.05) is 0 Å². The third-order valence-corrected chi connectivity index (χ3v) is 1.63. The summed E-state index contributed by atoms with van der Waals surface area (Å²) in [6, 6.07) is 0. The molecule has 0 radical (unpaired) electrons. The molecule has 0 bridgehead atoms. The highest BCUT2D eigenvalue weighted by Crippen LogP contribution is 2.27. The van der Waals surface area contributed by atoms with E-state index in [-0.39, 0.29) is 12.1 Å². The van der Waals surface area contributed by atoms with Crippen LogP contribution in [0.3, 0.4) is 0 Å². The first kappa shape index (κ1) is 9.66. The summed E-state index contributed by atoms with van der Waals surface area (Å²) in [6.45, 7) is -0.163. The van der Waals surface area contributed by atoms with Crippen LogP contribution in [0.2, 0.25) is 0 Å². The fourth-order valence-electron chi connectivity index (χ4n) is 0.986. The number of hydrogen-bond donors (Lipinski definition) is 3. The number of hydrogen-bond acceptors (Lipinski definition) is 3. The van der Waals surface area contributed by atoms with Crippen LogP contribution in [0, 0.1) is 0 Å². The van der Waals surface area contributed by atoms with E-state index < -0.39 is 23.3 Å². The number of nitrogens with two attached hydrogens (primary N) is 1. The highest BCUT2D eigenvalue weighted by atomic mass is 19.3. The molecule has 0 spiro atoms. The van der Waals surface area contributed by atoms with Gasteiger partial charge in [0.15, 0.2) is 5.75 Å². The summed E-state index contributed by atoms with van der Waals surface area (Å²) in [4.78, 5) is 12.8. The summed E-state index contributed by atoms with van der Waals surface area (Å²) in [6.07, 6.45) is -1.83. The second-order valence-corrected chi connectivity index (χ2v) is 2.41. The van der Waals surface area contributed by atoms with Crippen molar-refractivity contribution in [3.63, 3.8) is 0 Å². The third kappa shape index (κ3) is 1.67. The van der Waals surface area contributed by atoms with E-state index in [0.717, 1.165) is 6.20 Å². The van der Waals surface area contributed by atoms with Crippen LogP contribution in [-0.4, -0.2) is 10.1 Å². The van der Waals surface area contributed by atoms with Crippen molar-refractivity contribution in [2.75, 3.05) is 0 Å². The molecule has 1 aromatic rings. The van der Waals surface area contributed by atoms with Gasteiger partial charge in [0.05, 0.1) is 5.56 Å². The van der Waals surface area contributed by atoms with Crippen molar-refractivity contribution in [2.24, 2.45) is 5.73 Å². The van der Waals surface area contributed by atoms with Gasteiger partial charge >= 0.3 is 0 Å². The van der Waals surface area contributed by atoms with E-state index >= 15 is 0 Å². The highest BCUT2D eigenvalue weighted by molar-refractivity contribution is 5.36. The number of alkyl halides is 2. The Morgan fingerprint density at radius 3 is 2.69 bits per heavy atom. The molecule has 1 aromatic heterocycles. The second-order valence-electron chi connectivity index (χ2n) is 2.41. The molecule has 0 aromatic carbocycles. The summed E-state index contributed by atoms with van der Waals surface area (Å²) < 4.78 is 24.6. The van der Waals surface area contributed by atoms with Crippen LogP contribution in [-0.2, 0) is 6.54 Å². The lowest BCUT2D eigenvalue weighted by Crippen LogP contribution is -2.12. The SMILES string of the molecule is NCc1c[nH]c(=O)c(O)c1C(F)F. The average molecular weight is 190 g/mol. The van der Waals surface area contributed by atoms with Gasteiger partial charge in [-0.05, 0) is 5.56 Å². The molecule has 0 atom stereocenters. The van der Waals surface area contributed by atoms with Crippen LogP contribution in [0.4, 0.5) is 8.78 Å². The molecule has 6 heteroatoms. The molecule has 0 aliphatic carbocycles. The summed E-state index contributed by atoms with van der Waals surface area (Å²) in [5.74, 6) is -0.960. The normalized spacial score (nSPS) is 10.8. The first-order valence-corrected chi connectivity index (χ1v) is 3.49. The summed E-state index contributed by atoms with van der Waals surface area (Å²) in [5, 5.41) is 9.00. The third-order valence-electron chi connectivity index (χ3n) is 1.63. The topological polar surface area (TPSA) is 79.1 Å². The Morgan fingerprint density at radius 2 is 2.23 bits per heavy atom. The number of aromatic nitrogens is 1. The zero-order valence-electron chi connectivity index (χ0n) is 6.55. The van der Waals surface area contributed by atoms with Gasteiger partial charge < -0.3 is 15.8 Å². The van der Waals surface area contributed by atoms with Crippen LogP contribution in [0.15, 0.2) is 11.0 Å². The lowest BCUT2D eigenvalue weighted by Gasteiger charge is -2.07. The standard InChI is InChI=1S/C7H8F2N2O2/c8-6(9)4-3(1-10)2-11-7(13)5(4)12/h2,6,12H,1,10H2,(H,11,13). The van der Waals surface area contributed by atoms with Crippen molar-refractivity contribution in [2.45, 2.75) is 13.0 Å². The van der Waals surface area contributed by atoms with Gasteiger partial charge in [0.1, 0.15) is 0 Å². The minimum atomic E-state index is -2.90. The molecule has 4 N–H and O–H groups in total.